The monoisotopic (exact) mass is 460 g/mol. The van der Waals surface area contributed by atoms with Crippen molar-refractivity contribution in [3.8, 4) is 10.6 Å². The van der Waals surface area contributed by atoms with Gasteiger partial charge in [-0.25, -0.2) is 14.1 Å². The van der Waals surface area contributed by atoms with E-state index < -0.39 is 0 Å². The molecule has 0 aliphatic heterocycles. The second-order valence-corrected chi connectivity index (χ2v) is 8.19. The summed E-state index contributed by atoms with van der Waals surface area (Å²) < 4.78 is 15.1. The summed E-state index contributed by atoms with van der Waals surface area (Å²) in [6, 6.07) is 13.2. The zero-order valence-corrected chi connectivity index (χ0v) is 17.8. The summed E-state index contributed by atoms with van der Waals surface area (Å²) in [6.45, 7) is 0.388. The van der Waals surface area contributed by atoms with E-state index in [1.165, 1.54) is 23.5 Å². The van der Waals surface area contributed by atoms with Gasteiger partial charge in [0.1, 0.15) is 16.6 Å². The van der Waals surface area contributed by atoms with Gasteiger partial charge in [-0.15, -0.1) is 11.3 Å². The fourth-order valence-electron chi connectivity index (χ4n) is 2.87. The average molecular weight is 461 g/mol. The predicted octanol–water partition coefficient (Wildman–Crippen LogP) is 5.68. The highest BCUT2D eigenvalue weighted by Crippen LogP contribution is 2.25. The molecule has 0 saturated carbocycles. The van der Waals surface area contributed by atoms with Crippen molar-refractivity contribution in [3.05, 3.63) is 87.2 Å². The standard InChI is InChI=1S/C21H15Cl2FN4OS/c22-15-5-4-14(18(23)9-15)11-28-19(6-7-25-28)27-20(29)10-17-12-30-21(26-17)13-2-1-3-16(24)8-13/h1-9,12H,10-11H2,(H,27,29). The highest BCUT2D eigenvalue weighted by Gasteiger charge is 2.13. The molecule has 2 heterocycles. The lowest BCUT2D eigenvalue weighted by Crippen LogP contribution is -2.18. The molecular formula is C21H15Cl2FN4OS. The summed E-state index contributed by atoms with van der Waals surface area (Å²) >= 11 is 13.5. The van der Waals surface area contributed by atoms with Crippen LogP contribution >= 0.6 is 34.5 Å². The summed E-state index contributed by atoms with van der Waals surface area (Å²) in [5.41, 5.74) is 2.13. The number of hydrogen-bond donors (Lipinski definition) is 1. The predicted molar refractivity (Wildman–Crippen MR) is 118 cm³/mol. The molecule has 2 aromatic heterocycles. The first-order valence-electron chi connectivity index (χ1n) is 8.94. The quantitative estimate of drug-likeness (QED) is 0.402. The maximum atomic E-state index is 13.4. The van der Waals surface area contributed by atoms with Crippen LogP contribution in [0.25, 0.3) is 10.6 Å². The SMILES string of the molecule is O=C(Cc1csc(-c2cccc(F)c2)n1)Nc1ccnn1Cc1ccc(Cl)cc1Cl. The molecule has 1 N–H and O–H groups in total. The number of amides is 1. The van der Waals surface area contributed by atoms with E-state index in [9.17, 15) is 9.18 Å². The number of rotatable bonds is 6. The molecule has 0 saturated heterocycles. The van der Waals surface area contributed by atoms with Gasteiger partial charge in [-0.05, 0) is 29.8 Å². The Hall–Kier alpha value is -2.74. The number of carbonyl (C=O) groups is 1. The first-order valence-corrected chi connectivity index (χ1v) is 10.6. The van der Waals surface area contributed by atoms with E-state index >= 15 is 0 Å². The van der Waals surface area contributed by atoms with Gasteiger partial charge in [-0.3, -0.25) is 4.79 Å². The highest BCUT2D eigenvalue weighted by molar-refractivity contribution is 7.13. The topological polar surface area (TPSA) is 59.8 Å². The van der Waals surface area contributed by atoms with Crippen molar-refractivity contribution >= 4 is 46.3 Å². The van der Waals surface area contributed by atoms with Crippen LogP contribution in [0.1, 0.15) is 11.3 Å². The zero-order chi connectivity index (χ0) is 21.1. The number of halogens is 3. The van der Waals surface area contributed by atoms with E-state index in [2.05, 4.69) is 15.4 Å². The number of nitrogens with one attached hydrogen (secondary N) is 1. The Morgan fingerprint density at radius 3 is 2.83 bits per heavy atom. The van der Waals surface area contributed by atoms with Gasteiger partial charge in [0.05, 0.1) is 24.9 Å². The Morgan fingerprint density at radius 2 is 2.03 bits per heavy atom. The summed E-state index contributed by atoms with van der Waals surface area (Å²) in [5.74, 6) is -0.00214. The van der Waals surface area contributed by atoms with Gasteiger partial charge >= 0.3 is 0 Å². The van der Waals surface area contributed by atoms with E-state index in [0.29, 0.717) is 38.7 Å². The highest BCUT2D eigenvalue weighted by atomic mass is 35.5. The van der Waals surface area contributed by atoms with Crippen molar-refractivity contribution in [1.29, 1.82) is 0 Å². The number of thiazole rings is 1. The molecule has 4 aromatic rings. The molecule has 152 valence electrons. The molecule has 1 amide bonds. The fourth-order valence-corrected chi connectivity index (χ4v) is 4.15. The van der Waals surface area contributed by atoms with Crippen LogP contribution in [-0.2, 0) is 17.8 Å². The minimum absolute atomic E-state index is 0.0959. The first kappa shape index (κ1) is 20.5. The summed E-state index contributed by atoms with van der Waals surface area (Å²) in [4.78, 5) is 16.9. The van der Waals surface area contributed by atoms with Crippen LogP contribution < -0.4 is 5.32 Å². The minimum atomic E-state index is -0.323. The molecule has 5 nitrogen and oxygen atoms in total. The molecule has 0 aliphatic rings. The van der Waals surface area contributed by atoms with Gasteiger partial charge < -0.3 is 5.32 Å². The summed E-state index contributed by atoms with van der Waals surface area (Å²) in [7, 11) is 0. The Kier molecular flexibility index (Phi) is 6.13. The fraction of sp³-hybridized carbons (Fsp3) is 0.0952. The Balaban J connectivity index is 1.42. The van der Waals surface area contributed by atoms with Crippen LogP contribution in [-0.4, -0.2) is 20.7 Å². The molecule has 0 radical (unpaired) electrons. The molecular weight excluding hydrogens is 446 g/mol. The Bertz CT molecular complexity index is 1210. The Labute approximate surface area is 186 Å². The second kappa shape index (κ2) is 8.95. The maximum absolute atomic E-state index is 13.4. The molecule has 9 heteroatoms. The number of aromatic nitrogens is 3. The molecule has 0 spiro atoms. The minimum Gasteiger partial charge on any atom is -0.311 e. The number of carbonyl (C=O) groups excluding carboxylic acids is 1. The molecule has 4 rings (SSSR count). The lowest BCUT2D eigenvalue weighted by Gasteiger charge is -2.10. The van der Waals surface area contributed by atoms with E-state index in [1.807, 2.05) is 6.07 Å². The van der Waals surface area contributed by atoms with Gasteiger partial charge in [-0.1, -0.05) is 41.4 Å². The van der Waals surface area contributed by atoms with E-state index in [4.69, 9.17) is 23.2 Å². The van der Waals surface area contributed by atoms with Crippen LogP contribution in [0.4, 0.5) is 10.2 Å². The largest absolute Gasteiger partial charge is 0.311 e. The number of nitrogens with zero attached hydrogens (tertiary/aromatic N) is 3. The molecule has 0 unspecified atom stereocenters. The molecule has 0 fully saturated rings. The van der Waals surface area contributed by atoms with Crippen LogP contribution in [0, 0.1) is 5.82 Å². The van der Waals surface area contributed by atoms with Gasteiger partial charge in [0, 0.05) is 27.1 Å². The van der Waals surface area contributed by atoms with Gasteiger partial charge in [0.25, 0.3) is 0 Å². The third-order valence-electron chi connectivity index (χ3n) is 4.28. The zero-order valence-electron chi connectivity index (χ0n) is 15.5. The van der Waals surface area contributed by atoms with Crippen LogP contribution in [0.3, 0.4) is 0 Å². The van der Waals surface area contributed by atoms with Crippen molar-refractivity contribution in [1.82, 2.24) is 14.8 Å². The van der Waals surface area contributed by atoms with Gasteiger partial charge in [0.15, 0.2) is 0 Å². The third kappa shape index (κ3) is 4.87. The average Bonchev–Trinajstić information content (AvgIpc) is 3.34. The Morgan fingerprint density at radius 1 is 1.17 bits per heavy atom. The van der Waals surface area contributed by atoms with Gasteiger partial charge in [0.2, 0.25) is 5.91 Å². The molecule has 2 aromatic carbocycles. The van der Waals surface area contributed by atoms with Crippen molar-refractivity contribution in [2.45, 2.75) is 13.0 Å². The normalized spacial score (nSPS) is 10.9. The molecule has 30 heavy (non-hydrogen) atoms. The van der Waals surface area contributed by atoms with E-state index in [-0.39, 0.29) is 18.1 Å². The van der Waals surface area contributed by atoms with Crippen molar-refractivity contribution in [2.24, 2.45) is 0 Å². The van der Waals surface area contributed by atoms with Crippen LogP contribution in [0.15, 0.2) is 60.1 Å². The molecule has 0 aliphatic carbocycles. The smallest absolute Gasteiger partial charge is 0.231 e. The van der Waals surface area contributed by atoms with E-state index in [1.54, 1.807) is 46.6 Å². The number of benzene rings is 2. The lowest BCUT2D eigenvalue weighted by atomic mass is 10.2. The first-order chi connectivity index (χ1) is 14.5. The van der Waals surface area contributed by atoms with Crippen LogP contribution in [0.5, 0.6) is 0 Å². The van der Waals surface area contributed by atoms with Crippen molar-refractivity contribution in [3.63, 3.8) is 0 Å². The summed E-state index contributed by atoms with van der Waals surface area (Å²) in [5, 5.41) is 10.6. The second-order valence-electron chi connectivity index (χ2n) is 6.49. The summed E-state index contributed by atoms with van der Waals surface area (Å²) in [6.07, 6.45) is 1.70. The third-order valence-corrected chi connectivity index (χ3v) is 5.81. The maximum Gasteiger partial charge on any atom is 0.231 e. The number of hydrogen-bond acceptors (Lipinski definition) is 4. The van der Waals surface area contributed by atoms with E-state index in [0.717, 1.165) is 5.56 Å². The molecule has 0 atom stereocenters. The van der Waals surface area contributed by atoms with Crippen molar-refractivity contribution < 1.29 is 9.18 Å². The number of anilines is 1. The van der Waals surface area contributed by atoms with Gasteiger partial charge in [-0.2, -0.15) is 5.10 Å². The molecule has 0 bridgehead atoms. The van der Waals surface area contributed by atoms with Crippen LogP contribution in [0.2, 0.25) is 10.0 Å². The lowest BCUT2D eigenvalue weighted by molar-refractivity contribution is -0.115. The van der Waals surface area contributed by atoms with Crippen molar-refractivity contribution in [2.75, 3.05) is 5.32 Å².